The molecule has 2 unspecified atom stereocenters. The summed E-state index contributed by atoms with van der Waals surface area (Å²) in [6, 6.07) is 5.74. The van der Waals surface area contributed by atoms with Crippen LogP contribution in [0.15, 0.2) is 27.9 Å². The molecule has 2 bridgehead atoms. The molecule has 0 spiro atoms. The molecule has 0 amide bonds. The third-order valence-electron chi connectivity index (χ3n) is 7.68. The highest BCUT2D eigenvalue weighted by molar-refractivity contribution is 7.99. The van der Waals surface area contributed by atoms with Crippen LogP contribution in [-0.2, 0) is 0 Å². The van der Waals surface area contributed by atoms with Crippen LogP contribution in [-0.4, -0.2) is 52.0 Å². The first-order chi connectivity index (χ1) is 17.9. The minimum absolute atomic E-state index is 0.0737. The van der Waals surface area contributed by atoms with Gasteiger partial charge in [-0.3, -0.25) is 4.57 Å². The number of anilines is 2. The molecular weight excluding hydrogens is 533 g/mol. The Morgan fingerprint density at radius 3 is 2.76 bits per heavy atom. The van der Waals surface area contributed by atoms with Crippen LogP contribution < -0.4 is 27.4 Å². The highest BCUT2D eigenvalue weighted by Gasteiger charge is 2.36. The molecular formula is C25H25ClFN7OS2. The number of nitrogens with two attached hydrogens (primary N) is 2. The summed E-state index contributed by atoms with van der Waals surface area (Å²) in [5.41, 5.74) is 14.4. The number of halogens is 2. The number of aromatic nitrogens is 3. The zero-order chi connectivity index (χ0) is 25.4. The monoisotopic (exact) mass is 557 g/mol. The SMILES string of the molecule is NCC[C@H]1CSc2c(-c3ccc(F)c4sc(N)nc34)c(Cl)cc3c(N4CC5CCC(C4)N5)nc(=O)n1c23. The molecule has 2 aromatic heterocycles. The normalized spacial score (nSPS) is 22.9. The minimum Gasteiger partial charge on any atom is -0.375 e. The van der Waals surface area contributed by atoms with E-state index in [1.54, 1.807) is 22.4 Å². The van der Waals surface area contributed by atoms with Crippen molar-refractivity contribution in [3.8, 4) is 11.1 Å². The van der Waals surface area contributed by atoms with Crippen molar-refractivity contribution in [1.29, 1.82) is 0 Å². The lowest BCUT2D eigenvalue weighted by atomic mass is 10.0. The number of hydrogen-bond acceptors (Lipinski definition) is 9. The predicted molar refractivity (Wildman–Crippen MR) is 150 cm³/mol. The Kier molecular flexibility index (Phi) is 5.63. The number of thiazole rings is 1. The van der Waals surface area contributed by atoms with E-state index in [1.807, 2.05) is 6.07 Å². The fourth-order valence-corrected chi connectivity index (χ4v) is 8.63. The van der Waals surface area contributed by atoms with Gasteiger partial charge in [0.1, 0.15) is 11.6 Å². The molecule has 0 radical (unpaired) electrons. The standard InChI is InChI=1S/C25H25ClFN7OS2/c26-16-7-15-20-22(18(16)14-3-4-17(27)21-19(14)31-24(29)37-21)36-10-13(5-6-28)34(20)25(35)32-23(15)33-8-11-1-2-12(9-33)30-11/h3-4,7,11-13,30H,1-2,5-6,8-10,28H2,(H2,29,31)/t11?,12?,13-/m0/s1. The first kappa shape index (κ1) is 23.7. The second-order valence-electron chi connectivity index (χ2n) is 9.96. The van der Waals surface area contributed by atoms with Crippen LogP contribution in [0, 0.1) is 5.82 Å². The van der Waals surface area contributed by atoms with Gasteiger partial charge in [0.15, 0.2) is 5.13 Å². The molecule has 192 valence electrons. The Morgan fingerprint density at radius 2 is 2.00 bits per heavy atom. The van der Waals surface area contributed by atoms with E-state index in [9.17, 15) is 9.18 Å². The van der Waals surface area contributed by atoms with Gasteiger partial charge in [0.25, 0.3) is 0 Å². The molecule has 2 fully saturated rings. The second kappa shape index (κ2) is 8.81. The Morgan fingerprint density at radius 1 is 1.22 bits per heavy atom. The Hall–Kier alpha value is -2.44. The van der Waals surface area contributed by atoms with Crippen molar-refractivity contribution in [3.63, 3.8) is 0 Å². The number of thioether (sulfide) groups is 1. The van der Waals surface area contributed by atoms with E-state index in [2.05, 4.69) is 20.2 Å². The summed E-state index contributed by atoms with van der Waals surface area (Å²) in [4.78, 5) is 25.8. The van der Waals surface area contributed by atoms with Gasteiger partial charge in [-0.15, -0.1) is 11.8 Å². The van der Waals surface area contributed by atoms with Crippen molar-refractivity contribution in [1.82, 2.24) is 19.9 Å². The van der Waals surface area contributed by atoms with Gasteiger partial charge in [-0.1, -0.05) is 22.9 Å². The third-order valence-corrected chi connectivity index (χ3v) is 10.1. The van der Waals surface area contributed by atoms with Gasteiger partial charge in [-0.25, -0.2) is 14.2 Å². The number of nitrogens with zero attached hydrogens (tertiary/aromatic N) is 4. The molecule has 12 heteroatoms. The Bertz CT molecular complexity index is 1630. The van der Waals surface area contributed by atoms with E-state index in [1.165, 1.54) is 6.07 Å². The lowest BCUT2D eigenvalue weighted by Crippen LogP contribution is -2.52. The Balaban J connectivity index is 1.53. The number of hydrogen-bond donors (Lipinski definition) is 3. The summed E-state index contributed by atoms with van der Waals surface area (Å²) < 4.78 is 16.8. The zero-order valence-electron chi connectivity index (χ0n) is 19.8. The summed E-state index contributed by atoms with van der Waals surface area (Å²) >= 11 is 9.80. The fraction of sp³-hybridized carbons (Fsp3) is 0.400. The van der Waals surface area contributed by atoms with Crippen molar-refractivity contribution in [2.45, 2.75) is 42.3 Å². The van der Waals surface area contributed by atoms with Crippen LogP contribution in [0.2, 0.25) is 5.02 Å². The van der Waals surface area contributed by atoms with Gasteiger partial charge >= 0.3 is 5.69 Å². The molecule has 0 saturated carbocycles. The van der Waals surface area contributed by atoms with Crippen molar-refractivity contribution < 1.29 is 4.39 Å². The van der Waals surface area contributed by atoms with E-state index in [4.69, 9.17) is 23.1 Å². The molecule has 2 saturated heterocycles. The van der Waals surface area contributed by atoms with E-state index in [-0.39, 0.29) is 17.5 Å². The molecule has 0 aliphatic carbocycles. The predicted octanol–water partition coefficient (Wildman–Crippen LogP) is 3.98. The maximum atomic E-state index is 14.6. The molecule has 8 nitrogen and oxygen atoms in total. The van der Waals surface area contributed by atoms with Crippen LogP contribution in [0.4, 0.5) is 15.3 Å². The van der Waals surface area contributed by atoms with Crippen LogP contribution >= 0.6 is 34.7 Å². The van der Waals surface area contributed by atoms with Gasteiger partial charge in [-0.05, 0) is 44.0 Å². The molecule has 5 N–H and O–H groups in total. The first-order valence-electron chi connectivity index (χ1n) is 12.4. The lowest BCUT2D eigenvalue weighted by molar-refractivity contribution is 0.461. The van der Waals surface area contributed by atoms with Crippen molar-refractivity contribution in [2.24, 2.45) is 5.73 Å². The largest absolute Gasteiger partial charge is 0.375 e. The number of nitrogen functional groups attached to an aromatic ring is 1. The quantitative estimate of drug-likeness (QED) is 0.345. The zero-order valence-corrected chi connectivity index (χ0v) is 22.2. The third kappa shape index (κ3) is 3.66. The molecule has 5 heterocycles. The second-order valence-corrected chi connectivity index (χ2v) is 12.4. The van der Waals surface area contributed by atoms with Crippen molar-refractivity contribution >= 4 is 66.8 Å². The average molecular weight is 558 g/mol. The van der Waals surface area contributed by atoms with Gasteiger partial charge < -0.3 is 21.7 Å². The van der Waals surface area contributed by atoms with Gasteiger partial charge in [0, 0.05) is 58.4 Å². The van der Waals surface area contributed by atoms with E-state index >= 15 is 0 Å². The van der Waals surface area contributed by atoms with E-state index in [0.717, 1.165) is 58.6 Å². The van der Waals surface area contributed by atoms with Crippen LogP contribution in [0.1, 0.15) is 25.3 Å². The number of piperazine rings is 1. The number of nitrogens with one attached hydrogen (secondary N) is 1. The highest BCUT2D eigenvalue weighted by atomic mass is 35.5. The average Bonchev–Trinajstić information content (AvgIpc) is 3.44. The number of fused-ring (bicyclic) bond motifs is 3. The van der Waals surface area contributed by atoms with Crippen LogP contribution in [0.25, 0.3) is 32.2 Å². The number of rotatable bonds is 4. The van der Waals surface area contributed by atoms with Crippen molar-refractivity contribution in [2.75, 3.05) is 36.0 Å². The molecule has 3 aliphatic rings. The minimum atomic E-state index is -0.370. The van der Waals surface area contributed by atoms with E-state index < -0.39 is 0 Å². The summed E-state index contributed by atoms with van der Waals surface area (Å²) in [6.07, 6.45) is 2.91. The Labute approximate surface area is 225 Å². The first-order valence-corrected chi connectivity index (χ1v) is 14.6. The summed E-state index contributed by atoms with van der Waals surface area (Å²) in [6.45, 7) is 2.06. The topological polar surface area (TPSA) is 115 Å². The molecule has 7 rings (SSSR count). The summed E-state index contributed by atoms with van der Waals surface area (Å²) in [7, 11) is 0. The molecule has 4 aromatic rings. The maximum Gasteiger partial charge on any atom is 0.350 e. The fourth-order valence-electron chi connectivity index (χ4n) is 6.12. The molecule has 3 atom stereocenters. The van der Waals surface area contributed by atoms with Gasteiger partial charge in [-0.2, -0.15) is 4.98 Å². The summed E-state index contributed by atoms with van der Waals surface area (Å²) in [5.74, 6) is 0.973. The summed E-state index contributed by atoms with van der Waals surface area (Å²) in [5, 5.41) is 5.30. The molecule has 3 aliphatic heterocycles. The van der Waals surface area contributed by atoms with Crippen LogP contribution in [0.5, 0.6) is 0 Å². The van der Waals surface area contributed by atoms with Gasteiger partial charge in [0.05, 0.1) is 20.8 Å². The van der Waals surface area contributed by atoms with E-state index in [0.29, 0.717) is 62.6 Å². The molecule has 2 aromatic carbocycles. The van der Waals surface area contributed by atoms with Gasteiger partial charge in [0.2, 0.25) is 0 Å². The number of benzene rings is 2. The maximum absolute atomic E-state index is 14.6. The highest BCUT2D eigenvalue weighted by Crippen LogP contribution is 2.49. The smallest absolute Gasteiger partial charge is 0.350 e. The van der Waals surface area contributed by atoms with Crippen LogP contribution in [0.3, 0.4) is 0 Å². The molecule has 37 heavy (non-hydrogen) atoms. The lowest BCUT2D eigenvalue weighted by Gasteiger charge is -2.36. The van der Waals surface area contributed by atoms with Crippen molar-refractivity contribution in [3.05, 3.63) is 39.5 Å².